The second kappa shape index (κ2) is 45.0. The first-order chi connectivity index (χ1) is 32.1. The third kappa shape index (κ3) is 37.7. The molecule has 0 amide bonds. The Morgan fingerprint density at radius 3 is 1.36 bits per heavy atom. The molecular formula is C53H102O12S. The van der Waals surface area contributed by atoms with E-state index >= 15 is 0 Å². The number of ether oxygens (including phenoxy) is 4. The van der Waals surface area contributed by atoms with Crippen LogP contribution in [0.15, 0.2) is 12.2 Å². The van der Waals surface area contributed by atoms with Gasteiger partial charge in [-0.05, 0) is 38.5 Å². The quantitative estimate of drug-likeness (QED) is 0.0197. The maximum absolute atomic E-state index is 12.9. The van der Waals surface area contributed by atoms with Crippen molar-refractivity contribution in [3.8, 4) is 0 Å². The summed E-state index contributed by atoms with van der Waals surface area (Å²) in [6.07, 6.45) is 42.5. The number of carbonyl (C=O) groups excluding carboxylic acids is 1. The zero-order valence-corrected chi connectivity index (χ0v) is 43.1. The van der Waals surface area contributed by atoms with Crippen LogP contribution in [0.5, 0.6) is 0 Å². The molecule has 1 aliphatic heterocycles. The lowest BCUT2D eigenvalue weighted by Gasteiger charge is -2.41. The Morgan fingerprint density at radius 2 is 0.955 bits per heavy atom. The van der Waals surface area contributed by atoms with Crippen LogP contribution in [0.1, 0.15) is 258 Å². The molecule has 0 radical (unpaired) electrons. The molecule has 0 aromatic carbocycles. The smallest absolute Gasteiger partial charge is 0.397 e. The predicted octanol–water partition coefficient (Wildman–Crippen LogP) is 13.0. The van der Waals surface area contributed by atoms with Crippen molar-refractivity contribution in [2.45, 2.75) is 295 Å². The van der Waals surface area contributed by atoms with E-state index < -0.39 is 59.8 Å². The predicted molar refractivity (Wildman–Crippen MR) is 267 cm³/mol. The summed E-state index contributed by atoms with van der Waals surface area (Å²) in [5, 5.41) is 30.8. The highest BCUT2D eigenvalue weighted by molar-refractivity contribution is 7.80. The summed E-state index contributed by atoms with van der Waals surface area (Å²) in [4.78, 5) is 12.9. The molecule has 1 saturated heterocycles. The van der Waals surface area contributed by atoms with E-state index in [-0.39, 0.29) is 19.6 Å². The van der Waals surface area contributed by atoms with Gasteiger partial charge in [0.05, 0.1) is 19.8 Å². The van der Waals surface area contributed by atoms with Crippen molar-refractivity contribution in [2.75, 3.05) is 26.4 Å². The first-order valence-corrected chi connectivity index (χ1v) is 28.8. The summed E-state index contributed by atoms with van der Waals surface area (Å²) in [5.74, 6) is -0.393. The standard InChI is InChI=1S/C53H102O12S/c1-3-5-7-9-11-13-15-17-19-20-21-22-23-24-25-26-27-29-31-33-35-37-39-41-43-61-45-47(46-62-53-51(57)52(65-66(58,59)60)50(56)48(44-54)64-53)63-49(55)42-40-38-36-34-32-30-28-18-16-14-12-10-8-6-4-2/h20-21,47-48,50-54,56-57H,3-19,22-46H2,1-2H3,(H,58,59,60)/b21-20-. The van der Waals surface area contributed by atoms with Gasteiger partial charge in [-0.15, -0.1) is 0 Å². The molecule has 12 nitrogen and oxygen atoms in total. The Hall–Kier alpha value is -1.16. The SMILES string of the molecule is CCCCCCCCCC/C=C\CCCCCCCCCCCCCCOCC(COC1OC(CO)C(O)C(OS(=O)(=O)O)C1O)OC(=O)CCCCCCCCCCCCCCCCC. The van der Waals surface area contributed by atoms with E-state index in [1.54, 1.807) is 0 Å². The van der Waals surface area contributed by atoms with Crippen LogP contribution in [0.4, 0.5) is 0 Å². The van der Waals surface area contributed by atoms with E-state index in [0.29, 0.717) is 13.0 Å². The second-order valence-corrected chi connectivity index (χ2v) is 20.2. The molecule has 4 N–H and O–H groups in total. The summed E-state index contributed by atoms with van der Waals surface area (Å²) >= 11 is 0. The zero-order chi connectivity index (χ0) is 48.2. The zero-order valence-electron chi connectivity index (χ0n) is 42.3. The van der Waals surface area contributed by atoms with Crippen LogP contribution in [-0.2, 0) is 38.3 Å². The van der Waals surface area contributed by atoms with Crippen LogP contribution in [0, 0.1) is 0 Å². The normalized spacial score (nSPS) is 19.5. The monoisotopic (exact) mass is 963 g/mol. The van der Waals surface area contributed by atoms with Crippen molar-refractivity contribution in [2.24, 2.45) is 0 Å². The molecule has 0 saturated carbocycles. The number of unbranched alkanes of at least 4 members (excludes halogenated alkanes) is 34. The van der Waals surface area contributed by atoms with Gasteiger partial charge in [0.15, 0.2) is 6.29 Å². The number of allylic oxidation sites excluding steroid dienone is 2. The van der Waals surface area contributed by atoms with Crippen LogP contribution in [0.2, 0.25) is 0 Å². The van der Waals surface area contributed by atoms with Crippen molar-refractivity contribution in [1.29, 1.82) is 0 Å². The van der Waals surface area contributed by atoms with Gasteiger partial charge in [-0.25, -0.2) is 4.18 Å². The minimum absolute atomic E-state index is 0.0421. The molecule has 1 fully saturated rings. The Bertz CT molecular complexity index is 1200. The average Bonchev–Trinajstić information content (AvgIpc) is 3.29. The van der Waals surface area contributed by atoms with Gasteiger partial charge >= 0.3 is 16.4 Å². The van der Waals surface area contributed by atoms with Gasteiger partial charge < -0.3 is 34.3 Å². The first-order valence-electron chi connectivity index (χ1n) is 27.4. The Labute approximate surface area is 404 Å². The molecule has 6 unspecified atom stereocenters. The van der Waals surface area contributed by atoms with Gasteiger partial charge in [0.25, 0.3) is 0 Å². The minimum Gasteiger partial charge on any atom is -0.457 e. The molecule has 6 atom stereocenters. The lowest BCUT2D eigenvalue weighted by molar-refractivity contribution is -0.301. The van der Waals surface area contributed by atoms with Crippen molar-refractivity contribution in [3.05, 3.63) is 12.2 Å². The molecule has 1 heterocycles. The van der Waals surface area contributed by atoms with Crippen molar-refractivity contribution < 1.29 is 56.2 Å². The van der Waals surface area contributed by atoms with Crippen LogP contribution in [-0.4, -0.2) is 97.5 Å². The van der Waals surface area contributed by atoms with Gasteiger partial charge in [-0.1, -0.05) is 225 Å². The number of hydrogen-bond donors (Lipinski definition) is 4. The Kier molecular flexibility index (Phi) is 42.9. The van der Waals surface area contributed by atoms with Crippen LogP contribution in [0.3, 0.4) is 0 Å². The fraction of sp³-hybridized carbons (Fsp3) is 0.943. The van der Waals surface area contributed by atoms with Gasteiger partial charge in [-0.2, -0.15) is 8.42 Å². The van der Waals surface area contributed by atoms with Gasteiger partial charge in [-0.3, -0.25) is 9.35 Å². The van der Waals surface area contributed by atoms with E-state index in [0.717, 1.165) is 38.5 Å². The fourth-order valence-corrected chi connectivity index (χ4v) is 9.24. The highest BCUT2D eigenvalue weighted by Gasteiger charge is 2.48. The van der Waals surface area contributed by atoms with Crippen LogP contribution >= 0.6 is 0 Å². The summed E-state index contributed by atoms with van der Waals surface area (Å²) in [6, 6.07) is 0. The topological polar surface area (TPSA) is 178 Å². The summed E-state index contributed by atoms with van der Waals surface area (Å²) in [6.45, 7) is 4.04. The van der Waals surface area contributed by atoms with E-state index in [2.05, 4.69) is 30.2 Å². The van der Waals surface area contributed by atoms with Gasteiger partial charge in [0.1, 0.15) is 30.5 Å². The van der Waals surface area contributed by atoms with Crippen molar-refractivity contribution >= 4 is 16.4 Å². The lowest BCUT2D eigenvalue weighted by atomic mass is 9.99. The largest absolute Gasteiger partial charge is 0.457 e. The van der Waals surface area contributed by atoms with Crippen LogP contribution < -0.4 is 0 Å². The average molecular weight is 963 g/mol. The summed E-state index contributed by atoms with van der Waals surface area (Å²) < 4.78 is 59.3. The third-order valence-corrected chi connectivity index (χ3v) is 13.4. The maximum Gasteiger partial charge on any atom is 0.397 e. The molecule has 13 heteroatoms. The number of carbonyl (C=O) groups is 1. The minimum atomic E-state index is -5.06. The molecule has 66 heavy (non-hydrogen) atoms. The molecule has 1 aliphatic rings. The van der Waals surface area contributed by atoms with E-state index in [1.807, 2.05) is 0 Å². The fourth-order valence-electron chi connectivity index (χ4n) is 8.73. The van der Waals surface area contributed by atoms with E-state index in [9.17, 15) is 33.1 Å². The number of esters is 1. The molecule has 0 spiro atoms. The highest BCUT2D eigenvalue weighted by atomic mass is 32.3. The Balaban J connectivity index is 2.29. The highest BCUT2D eigenvalue weighted by Crippen LogP contribution is 2.26. The molecule has 0 aromatic rings. The summed E-state index contributed by atoms with van der Waals surface area (Å²) in [7, 11) is -5.06. The molecule has 0 aromatic heterocycles. The number of aliphatic hydroxyl groups excluding tert-OH is 3. The molecular weight excluding hydrogens is 861 g/mol. The number of aliphatic hydroxyl groups is 3. The lowest BCUT2D eigenvalue weighted by Crippen LogP contribution is -2.60. The van der Waals surface area contributed by atoms with Crippen LogP contribution in [0.25, 0.3) is 0 Å². The number of hydrogen-bond acceptors (Lipinski definition) is 11. The summed E-state index contributed by atoms with van der Waals surface area (Å²) in [5.41, 5.74) is 0. The maximum atomic E-state index is 12.9. The molecule has 0 aliphatic carbocycles. The second-order valence-electron chi connectivity index (χ2n) is 19.2. The van der Waals surface area contributed by atoms with Crippen molar-refractivity contribution in [1.82, 2.24) is 0 Å². The number of rotatable bonds is 49. The van der Waals surface area contributed by atoms with Crippen molar-refractivity contribution in [3.63, 3.8) is 0 Å². The van der Waals surface area contributed by atoms with Gasteiger partial charge in [0.2, 0.25) is 0 Å². The van der Waals surface area contributed by atoms with E-state index in [4.69, 9.17) is 18.9 Å². The van der Waals surface area contributed by atoms with Gasteiger partial charge in [0, 0.05) is 13.0 Å². The van der Waals surface area contributed by atoms with E-state index in [1.165, 1.54) is 193 Å². The Morgan fingerprint density at radius 1 is 0.561 bits per heavy atom. The molecule has 0 bridgehead atoms. The third-order valence-electron chi connectivity index (χ3n) is 12.9. The molecule has 1 rings (SSSR count). The molecule has 392 valence electrons. The first kappa shape index (κ1) is 62.9.